The molecule has 0 bridgehead atoms. The van der Waals surface area contributed by atoms with Crippen LogP contribution < -0.4 is 5.32 Å². The predicted octanol–water partition coefficient (Wildman–Crippen LogP) is 2.89. The van der Waals surface area contributed by atoms with E-state index in [4.69, 9.17) is 0 Å². The highest BCUT2D eigenvalue weighted by molar-refractivity contribution is 4.89. The van der Waals surface area contributed by atoms with Gasteiger partial charge in [-0.15, -0.1) is 0 Å². The molecule has 0 amide bonds. The normalized spacial score (nSPS) is 20.1. The number of hydrogen-bond donors (Lipinski definition) is 1. The zero-order valence-corrected chi connectivity index (χ0v) is 11.6. The fraction of sp³-hybridized carbons (Fsp3) is 1.00. The van der Waals surface area contributed by atoms with E-state index >= 15 is 0 Å². The smallest absolute Gasteiger partial charge is 0.0223 e. The van der Waals surface area contributed by atoms with Crippen LogP contribution in [0.2, 0.25) is 0 Å². The van der Waals surface area contributed by atoms with Gasteiger partial charge in [0, 0.05) is 18.6 Å². The van der Waals surface area contributed by atoms with E-state index in [1.807, 2.05) is 0 Å². The molecular formula is C14H30N2. The van der Waals surface area contributed by atoms with Crippen LogP contribution >= 0.6 is 0 Å². The fourth-order valence-corrected chi connectivity index (χ4v) is 2.34. The van der Waals surface area contributed by atoms with Gasteiger partial charge in [-0.2, -0.15) is 0 Å². The minimum atomic E-state index is 0.731. The Morgan fingerprint density at radius 3 is 2.38 bits per heavy atom. The zero-order valence-electron chi connectivity index (χ0n) is 11.6. The van der Waals surface area contributed by atoms with Crippen LogP contribution in [0.1, 0.15) is 53.4 Å². The monoisotopic (exact) mass is 226 g/mol. The lowest BCUT2D eigenvalue weighted by molar-refractivity contribution is 0.184. The lowest BCUT2D eigenvalue weighted by Crippen LogP contribution is -2.45. The number of hydrogen-bond acceptors (Lipinski definition) is 2. The Labute approximate surface area is 102 Å². The third-order valence-corrected chi connectivity index (χ3v) is 3.90. The molecule has 0 aromatic carbocycles. The quantitative estimate of drug-likeness (QED) is 0.650. The first kappa shape index (κ1) is 14.0. The maximum absolute atomic E-state index is 3.73. The first-order chi connectivity index (χ1) is 7.72. The average molecular weight is 226 g/mol. The van der Waals surface area contributed by atoms with Gasteiger partial charge < -0.3 is 5.32 Å². The Morgan fingerprint density at radius 2 is 1.94 bits per heavy atom. The maximum atomic E-state index is 3.73. The van der Waals surface area contributed by atoms with E-state index in [0.717, 1.165) is 18.0 Å². The lowest BCUT2D eigenvalue weighted by Gasteiger charge is -2.31. The molecule has 2 unspecified atom stereocenters. The molecule has 0 radical (unpaired) electrons. The summed E-state index contributed by atoms with van der Waals surface area (Å²) in [7, 11) is 0. The predicted molar refractivity (Wildman–Crippen MR) is 71.8 cm³/mol. The summed E-state index contributed by atoms with van der Waals surface area (Å²) in [6, 6.07) is 1.48. The van der Waals surface area contributed by atoms with Crippen molar-refractivity contribution < 1.29 is 0 Å². The highest BCUT2D eigenvalue weighted by atomic mass is 15.2. The van der Waals surface area contributed by atoms with E-state index in [9.17, 15) is 0 Å². The molecule has 0 aliphatic heterocycles. The second-order valence-electron chi connectivity index (χ2n) is 5.24. The first-order valence-corrected chi connectivity index (χ1v) is 7.20. The summed E-state index contributed by atoms with van der Waals surface area (Å²) in [5, 5.41) is 3.73. The maximum Gasteiger partial charge on any atom is 0.0223 e. The molecule has 1 N–H and O–H groups in total. The van der Waals surface area contributed by atoms with E-state index in [0.29, 0.717) is 0 Å². The molecular weight excluding hydrogens is 196 g/mol. The molecule has 1 fully saturated rings. The molecule has 0 saturated heterocycles. The zero-order chi connectivity index (χ0) is 12.0. The topological polar surface area (TPSA) is 15.3 Å². The number of nitrogens with zero attached hydrogens (tertiary/aromatic N) is 1. The van der Waals surface area contributed by atoms with Gasteiger partial charge in [0.15, 0.2) is 0 Å². The highest BCUT2D eigenvalue weighted by Crippen LogP contribution is 2.33. The van der Waals surface area contributed by atoms with Crippen LogP contribution in [-0.4, -0.2) is 36.6 Å². The summed E-state index contributed by atoms with van der Waals surface area (Å²) in [4.78, 5) is 2.63. The van der Waals surface area contributed by atoms with Crippen molar-refractivity contribution >= 4 is 0 Å². The van der Waals surface area contributed by atoms with Crippen molar-refractivity contribution in [2.45, 2.75) is 65.5 Å². The minimum Gasteiger partial charge on any atom is -0.312 e. The van der Waals surface area contributed by atoms with Gasteiger partial charge in [-0.25, -0.2) is 0 Å². The Hall–Kier alpha value is -0.0800. The molecule has 1 aliphatic carbocycles. The molecule has 0 spiro atoms. The van der Waals surface area contributed by atoms with Crippen LogP contribution in [0.15, 0.2) is 0 Å². The van der Waals surface area contributed by atoms with E-state index in [1.165, 1.54) is 45.3 Å². The van der Waals surface area contributed by atoms with Crippen molar-refractivity contribution in [2.24, 2.45) is 5.92 Å². The Balaban J connectivity index is 2.38. The molecule has 0 aromatic rings. The van der Waals surface area contributed by atoms with Crippen LogP contribution in [0, 0.1) is 5.92 Å². The van der Waals surface area contributed by atoms with Crippen molar-refractivity contribution in [3.8, 4) is 0 Å². The third kappa shape index (κ3) is 4.42. The second-order valence-corrected chi connectivity index (χ2v) is 5.24. The minimum absolute atomic E-state index is 0.731. The molecule has 0 aromatic heterocycles. The summed E-state index contributed by atoms with van der Waals surface area (Å²) in [5.41, 5.74) is 0. The highest BCUT2D eigenvalue weighted by Gasteiger charge is 2.32. The van der Waals surface area contributed by atoms with Crippen LogP contribution in [0.25, 0.3) is 0 Å². The van der Waals surface area contributed by atoms with Crippen molar-refractivity contribution in [1.82, 2.24) is 10.2 Å². The molecule has 2 nitrogen and oxygen atoms in total. The van der Waals surface area contributed by atoms with Gasteiger partial charge in [0.1, 0.15) is 0 Å². The van der Waals surface area contributed by atoms with E-state index in [1.54, 1.807) is 0 Å². The van der Waals surface area contributed by atoms with Crippen LogP contribution in [0.4, 0.5) is 0 Å². The Bertz CT molecular complexity index is 178. The van der Waals surface area contributed by atoms with Gasteiger partial charge in [-0.3, -0.25) is 4.90 Å². The summed E-state index contributed by atoms with van der Waals surface area (Å²) in [6.07, 6.45) is 5.40. The molecule has 1 saturated carbocycles. The van der Waals surface area contributed by atoms with Gasteiger partial charge in [0.2, 0.25) is 0 Å². The standard InChI is InChI=1S/C14H30N2/c1-5-10-15-14(13-8-9-13)11-16(7-3)12(4)6-2/h12-15H,5-11H2,1-4H3. The first-order valence-electron chi connectivity index (χ1n) is 7.20. The number of rotatable bonds is 9. The van der Waals surface area contributed by atoms with Crippen LogP contribution in [-0.2, 0) is 0 Å². The van der Waals surface area contributed by atoms with Crippen molar-refractivity contribution in [3.05, 3.63) is 0 Å². The SMILES string of the molecule is CCCNC(CN(CC)C(C)CC)C1CC1. The largest absolute Gasteiger partial charge is 0.312 e. The van der Waals surface area contributed by atoms with Crippen molar-refractivity contribution in [1.29, 1.82) is 0 Å². The summed E-state index contributed by atoms with van der Waals surface area (Å²) < 4.78 is 0. The van der Waals surface area contributed by atoms with E-state index in [2.05, 4.69) is 37.9 Å². The molecule has 16 heavy (non-hydrogen) atoms. The molecule has 0 heterocycles. The molecule has 1 aliphatic rings. The Kier molecular flexibility index (Phi) is 6.37. The van der Waals surface area contributed by atoms with Gasteiger partial charge in [0.05, 0.1) is 0 Å². The Morgan fingerprint density at radius 1 is 1.25 bits per heavy atom. The van der Waals surface area contributed by atoms with Gasteiger partial charge in [-0.05, 0) is 51.6 Å². The second kappa shape index (κ2) is 7.29. The van der Waals surface area contributed by atoms with Gasteiger partial charge >= 0.3 is 0 Å². The van der Waals surface area contributed by atoms with Gasteiger partial charge in [0.25, 0.3) is 0 Å². The summed E-state index contributed by atoms with van der Waals surface area (Å²) >= 11 is 0. The molecule has 2 heteroatoms. The molecule has 2 atom stereocenters. The van der Waals surface area contributed by atoms with Gasteiger partial charge in [-0.1, -0.05) is 20.8 Å². The molecule has 1 rings (SSSR count). The van der Waals surface area contributed by atoms with E-state index < -0.39 is 0 Å². The molecule has 96 valence electrons. The van der Waals surface area contributed by atoms with E-state index in [-0.39, 0.29) is 0 Å². The van der Waals surface area contributed by atoms with Crippen LogP contribution in [0.3, 0.4) is 0 Å². The number of likely N-dealkylation sites (N-methyl/N-ethyl adjacent to an activating group) is 1. The lowest BCUT2D eigenvalue weighted by atomic mass is 10.1. The summed E-state index contributed by atoms with van der Waals surface area (Å²) in [6.45, 7) is 12.8. The fourth-order valence-electron chi connectivity index (χ4n) is 2.34. The van der Waals surface area contributed by atoms with Crippen molar-refractivity contribution in [3.63, 3.8) is 0 Å². The summed E-state index contributed by atoms with van der Waals surface area (Å²) in [5.74, 6) is 0.963. The van der Waals surface area contributed by atoms with Crippen LogP contribution in [0.5, 0.6) is 0 Å². The average Bonchev–Trinajstić information content (AvgIpc) is 3.12. The number of nitrogens with one attached hydrogen (secondary N) is 1. The third-order valence-electron chi connectivity index (χ3n) is 3.90. The van der Waals surface area contributed by atoms with Crippen molar-refractivity contribution in [2.75, 3.05) is 19.6 Å².